The van der Waals surface area contributed by atoms with E-state index in [1.165, 1.54) is 0 Å². The Labute approximate surface area is 122 Å². The van der Waals surface area contributed by atoms with Gasteiger partial charge in [-0.25, -0.2) is 4.68 Å². The Bertz CT molecular complexity index is 702. The number of nitrogens with zero attached hydrogens (tertiary/aromatic N) is 4. The summed E-state index contributed by atoms with van der Waals surface area (Å²) in [6.45, 7) is 0. The number of hydrogen-bond donors (Lipinski definition) is 0. The molecule has 6 heteroatoms. The van der Waals surface area contributed by atoms with Gasteiger partial charge < -0.3 is 9.47 Å². The predicted molar refractivity (Wildman–Crippen MR) is 77.7 cm³/mol. The summed E-state index contributed by atoms with van der Waals surface area (Å²) in [5.74, 6) is 1.49. The van der Waals surface area contributed by atoms with E-state index in [2.05, 4.69) is 15.1 Å². The van der Waals surface area contributed by atoms with Gasteiger partial charge in [0.05, 0.1) is 26.0 Å². The van der Waals surface area contributed by atoms with Gasteiger partial charge in [0.1, 0.15) is 0 Å². The van der Waals surface area contributed by atoms with Crippen LogP contribution in [0.1, 0.15) is 0 Å². The number of aromatic nitrogens is 4. The van der Waals surface area contributed by atoms with Crippen molar-refractivity contribution in [3.8, 4) is 28.8 Å². The van der Waals surface area contributed by atoms with E-state index in [0.717, 1.165) is 11.3 Å². The zero-order chi connectivity index (χ0) is 14.7. The highest BCUT2D eigenvalue weighted by Gasteiger charge is 2.08. The van der Waals surface area contributed by atoms with Gasteiger partial charge in [0, 0.05) is 18.0 Å². The average Bonchev–Trinajstić information content (AvgIpc) is 3.09. The van der Waals surface area contributed by atoms with Crippen LogP contribution in [0.5, 0.6) is 11.8 Å². The molecule has 2 aromatic heterocycles. The number of rotatable bonds is 4. The molecular formula is C15H14N4O2. The SMILES string of the molecule is COc1cc(OC)nc(-c2ccc(-n3cccn3)cc2)n1. The van der Waals surface area contributed by atoms with Crippen LogP contribution in [0.15, 0.2) is 48.8 Å². The van der Waals surface area contributed by atoms with Gasteiger partial charge in [-0.1, -0.05) is 0 Å². The fraction of sp³-hybridized carbons (Fsp3) is 0.133. The third-order valence-electron chi connectivity index (χ3n) is 2.99. The third-order valence-corrected chi connectivity index (χ3v) is 2.99. The van der Waals surface area contributed by atoms with Crippen LogP contribution >= 0.6 is 0 Å². The molecule has 0 aliphatic rings. The molecule has 3 rings (SSSR count). The maximum absolute atomic E-state index is 5.16. The van der Waals surface area contributed by atoms with Gasteiger partial charge in [-0.3, -0.25) is 0 Å². The molecule has 0 radical (unpaired) electrons. The number of ether oxygens (including phenoxy) is 2. The van der Waals surface area contributed by atoms with E-state index >= 15 is 0 Å². The van der Waals surface area contributed by atoms with Crippen molar-refractivity contribution in [2.24, 2.45) is 0 Å². The van der Waals surface area contributed by atoms with Crippen molar-refractivity contribution in [2.75, 3.05) is 14.2 Å². The molecule has 1 aromatic carbocycles. The predicted octanol–water partition coefficient (Wildman–Crippen LogP) is 2.35. The number of hydrogen-bond acceptors (Lipinski definition) is 5. The molecule has 3 aromatic rings. The first-order chi connectivity index (χ1) is 10.3. The van der Waals surface area contributed by atoms with E-state index in [9.17, 15) is 0 Å². The second-order valence-electron chi connectivity index (χ2n) is 4.27. The van der Waals surface area contributed by atoms with E-state index < -0.39 is 0 Å². The van der Waals surface area contributed by atoms with E-state index in [4.69, 9.17) is 9.47 Å². The summed E-state index contributed by atoms with van der Waals surface area (Å²) < 4.78 is 12.1. The molecule has 0 unspecified atom stereocenters. The Morgan fingerprint density at radius 1 is 0.952 bits per heavy atom. The molecule has 0 spiro atoms. The Kier molecular flexibility index (Phi) is 3.51. The van der Waals surface area contributed by atoms with E-state index in [-0.39, 0.29) is 0 Å². The van der Waals surface area contributed by atoms with Gasteiger partial charge >= 0.3 is 0 Å². The largest absolute Gasteiger partial charge is 0.481 e. The minimum Gasteiger partial charge on any atom is -0.481 e. The van der Waals surface area contributed by atoms with Crippen molar-refractivity contribution >= 4 is 0 Å². The average molecular weight is 282 g/mol. The van der Waals surface area contributed by atoms with Crippen LogP contribution in [0, 0.1) is 0 Å². The van der Waals surface area contributed by atoms with Gasteiger partial charge in [0.2, 0.25) is 11.8 Å². The molecule has 0 bridgehead atoms. The minimum absolute atomic E-state index is 0.466. The fourth-order valence-corrected chi connectivity index (χ4v) is 1.93. The van der Waals surface area contributed by atoms with Crippen molar-refractivity contribution in [1.82, 2.24) is 19.7 Å². The molecule has 0 amide bonds. The lowest BCUT2D eigenvalue weighted by Gasteiger charge is -2.07. The molecule has 106 valence electrons. The van der Waals surface area contributed by atoms with E-state index in [1.54, 1.807) is 31.2 Å². The lowest BCUT2D eigenvalue weighted by Crippen LogP contribution is -1.98. The zero-order valence-electron chi connectivity index (χ0n) is 11.7. The van der Waals surface area contributed by atoms with E-state index in [0.29, 0.717) is 17.6 Å². The van der Waals surface area contributed by atoms with Crippen LogP contribution in [0.25, 0.3) is 17.1 Å². The summed E-state index contributed by atoms with van der Waals surface area (Å²) >= 11 is 0. The van der Waals surface area contributed by atoms with Crippen molar-refractivity contribution in [2.45, 2.75) is 0 Å². The highest BCUT2D eigenvalue weighted by molar-refractivity contribution is 5.58. The molecule has 2 heterocycles. The van der Waals surface area contributed by atoms with Crippen LogP contribution in [0.3, 0.4) is 0 Å². The first kappa shape index (κ1) is 13.1. The number of methoxy groups -OCH3 is 2. The highest BCUT2D eigenvalue weighted by atomic mass is 16.5. The van der Waals surface area contributed by atoms with Crippen LogP contribution in [-0.2, 0) is 0 Å². The van der Waals surface area contributed by atoms with Crippen molar-refractivity contribution < 1.29 is 9.47 Å². The molecule has 0 N–H and O–H groups in total. The molecule has 0 saturated heterocycles. The molecule has 21 heavy (non-hydrogen) atoms. The Morgan fingerprint density at radius 2 is 1.62 bits per heavy atom. The van der Waals surface area contributed by atoms with Crippen molar-refractivity contribution in [3.63, 3.8) is 0 Å². The Hall–Kier alpha value is -2.89. The molecule has 0 aliphatic heterocycles. The molecule has 6 nitrogen and oxygen atoms in total. The highest BCUT2D eigenvalue weighted by Crippen LogP contribution is 2.23. The van der Waals surface area contributed by atoms with Crippen molar-refractivity contribution in [1.29, 1.82) is 0 Å². The molecule has 0 saturated carbocycles. The topological polar surface area (TPSA) is 62.1 Å². The summed E-state index contributed by atoms with van der Waals surface area (Å²) in [5, 5.41) is 4.19. The maximum atomic E-state index is 5.16. The van der Waals surface area contributed by atoms with Gasteiger partial charge in [0.15, 0.2) is 5.82 Å². The molecule has 0 aliphatic carbocycles. The van der Waals surface area contributed by atoms with Gasteiger partial charge in [-0.05, 0) is 30.3 Å². The Balaban J connectivity index is 1.97. The van der Waals surface area contributed by atoms with Crippen molar-refractivity contribution in [3.05, 3.63) is 48.8 Å². The molecule has 0 atom stereocenters. The summed E-state index contributed by atoms with van der Waals surface area (Å²) in [7, 11) is 3.12. The summed E-state index contributed by atoms with van der Waals surface area (Å²) in [5.41, 5.74) is 1.85. The zero-order valence-corrected chi connectivity index (χ0v) is 11.7. The lowest BCUT2D eigenvalue weighted by atomic mass is 10.2. The second-order valence-corrected chi connectivity index (χ2v) is 4.27. The first-order valence-electron chi connectivity index (χ1n) is 6.37. The maximum Gasteiger partial charge on any atom is 0.220 e. The molecular weight excluding hydrogens is 268 g/mol. The summed E-state index contributed by atoms with van der Waals surface area (Å²) in [6.07, 6.45) is 3.63. The van der Waals surface area contributed by atoms with Gasteiger partial charge in [0.25, 0.3) is 0 Å². The van der Waals surface area contributed by atoms with Crippen LogP contribution < -0.4 is 9.47 Å². The first-order valence-corrected chi connectivity index (χ1v) is 6.37. The van der Waals surface area contributed by atoms with Crippen LogP contribution in [0.4, 0.5) is 0 Å². The normalized spacial score (nSPS) is 10.4. The second kappa shape index (κ2) is 5.62. The molecule has 0 fully saturated rings. The summed E-state index contributed by atoms with van der Waals surface area (Å²) in [6, 6.07) is 11.3. The van der Waals surface area contributed by atoms with Gasteiger partial charge in [-0.15, -0.1) is 0 Å². The van der Waals surface area contributed by atoms with Crippen LogP contribution in [-0.4, -0.2) is 34.0 Å². The summed E-state index contributed by atoms with van der Waals surface area (Å²) in [4.78, 5) is 8.65. The quantitative estimate of drug-likeness (QED) is 0.735. The third kappa shape index (κ3) is 2.69. The lowest BCUT2D eigenvalue weighted by molar-refractivity contribution is 0.372. The van der Waals surface area contributed by atoms with Crippen LogP contribution in [0.2, 0.25) is 0 Å². The smallest absolute Gasteiger partial charge is 0.220 e. The monoisotopic (exact) mass is 282 g/mol. The fourth-order valence-electron chi connectivity index (χ4n) is 1.93. The number of benzene rings is 1. The van der Waals surface area contributed by atoms with Gasteiger partial charge in [-0.2, -0.15) is 15.1 Å². The standard InChI is InChI=1S/C15H14N4O2/c1-20-13-10-14(21-2)18-15(17-13)11-4-6-12(7-5-11)19-9-3-8-16-19/h3-10H,1-2H3. The Morgan fingerprint density at radius 3 is 2.14 bits per heavy atom. The minimum atomic E-state index is 0.466. The van der Waals surface area contributed by atoms with E-state index in [1.807, 2.05) is 36.5 Å².